The third-order valence-electron chi connectivity index (χ3n) is 6.37. The van der Waals surface area contributed by atoms with Crippen molar-refractivity contribution < 1.29 is 4.79 Å². The quantitative estimate of drug-likeness (QED) is 0.354. The average molecular weight is 550 g/mol. The van der Waals surface area contributed by atoms with Gasteiger partial charge in [0.15, 0.2) is 0 Å². The number of hydrogen-bond acceptors (Lipinski definition) is 4. The molecular weight excluding hydrogens is 523 g/mol. The number of rotatable bonds is 5. The first kappa shape index (κ1) is 22.1. The topological polar surface area (TPSA) is 48.5 Å². The van der Waals surface area contributed by atoms with Gasteiger partial charge in [-0.2, -0.15) is 0 Å². The number of halogens is 1. The first-order valence-corrected chi connectivity index (χ1v) is 12.4. The molecule has 0 unspecified atom stereocenters. The number of aromatic nitrogens is 1. The largest absolute Gasteiger partial charge is 0.384 e. The number of carbonyl (C=O) groups is 1. The van der Waals surface area contributed by atoms with Crippen LogP contribution >= 0.6 is 22.6 Å². The maximum absolute atomic E-state index is 12.9. The van der Waals surface area contributed by atoms with Gasteiger partial charge in [-0.15, -0.1) is 0 Å². The molecule has 1 aliphatic rings. The molecule has 0 spiro atoms. The fourth-order valence-corrected chi connectivity index (χ4v) is 4.88. The number of piperazine rings is 1. The summed E-state index contributed by atoms with van der Waals surface area (Å²) >= 11 is 2.34. The first-order chi connectivity index (χ1) is 16.1. The zero-order valence-electron chi connectivity index (χ0n) is 18.7. The van der Waals surface area contributed by atoms with Gasteiger partial charge in [-0.1, -0.05) is 24.3 Å². The lowest BCUT2D eigenvalue weighted by Crippen LogP contribution is -2.47. The predicted octanol–water partition coefficient (Wildman–Crippen LogP) is 5.03. The van der Waals surface area contributed by atoms with Gasteiger partial charge in [0.25, 0.3) is 5.91 Å². The number of benzene rings is 3. The number of fused-ring (bicyclic) bond motifs is 2. The molecule has 1 fully saturated rings. The molecule has 0 aliphatic carbocycles. The van der Waals surface area contributed by atoms with Crippen LogP contribution in [0.2, 0.25) is 0 Å². The van der Waals surface area contributed by atoms with Crippen molar-refractivity contribution in [2.45, 2.75) is 6.42 Å². The molecule has 5 rings (SSSR count). The fourth-order valence-electron chi connectivity index (χ4n) is 4.39. The second-order valence-corrected chi connectivity index (χ2v) is 9.93. The van der Waals surface area contributed by atoms with Gasteiger partial charge in [0.1, 0.15) is 0 Å². The van der Waals surface area contributed by atoms with Gasteiger partial charge in [-0.3, -0.25) is 9.78 Å². The van der Waals surface area contributed by atoms with Crippen LogP contribution in [-0.2, 0) is 6.42 Å². The molecule has 5 nitrogen and oxygen atoms in total. The molecule has 168 valence electrons. The maximum Gasteiger partial charge on any atom is 0.253 e. The number of nitrogens with zero attached hydrogens (tertiary/aromatic N) is 3. The summed E-state index contributed by atoms with van der Waals surface area (Å²) in [6.07, 6.45) is 2.78. The molecule has 1 saturated heterocycles. The Morgan fingerprint density at radius 2 is 1.76 bits per heavy atom. The van der Waals surface area contributed by atoms with E-state index in [4.69, 9.17) is 0 Å². The molecule has 0 saturated carbocycles. The standard InChI is InChI=1S/C27H27IN4O/c1-31-12-14-32(15-13-31)27(33)22-5-4-20-16-19(2-3-21(20)17-22)8-10-29-26-9-11-30-25-7-6-23(28)18-24(25)26/h2-7,9,11,16-18H,8,10,12-15H2,1H3,(H,29,30). The van der Waals surface area contributed by atoms with Crippen LogP contribution in [0.25, 0.3) is 21.7 Å². The summed E-state index contributed by atoms with van der Waals surface area (Å²) in [5.41, 5.74) is 4.18. The van der Waals surface area contributed by atoms with E-state index in [2.05, 4.69) is 87.3 Å². The zero-order chi connectivity index (χ0) is 22.8. The molecule has 1 aromatic heterocycles. The minimum Gasteiger partial charge on any atom is -0.384 e. The van der Waals surface area contributed by atoms with Gasteiger partial charge in [-0.05, 0) is 88.8 Å². The Balaban J connectivity index is 1.26. The zero-order valence-corrected chi connectivity index (χ0v) is 20.9. The highest BCUT2D eigenvalue weighted by atomic mass is 127. The highest BCUT2D eigenvalue weighted by Gasteiger charge is 2.20. The summed E-state index contributed by atoms with van der Waals surface area (Å²) in [5.74, 6) is 0.137. The van der Waals surface area contributed by atoms with Crippen molar-refractivity contribution in [2.24, 2.45) is 0 Å². The van der Waals surface area contributed by atoms with E-state index in [0.717, 1.165) is 66.7 Å². The van der Waals surface area contributed by atoms with Crippen LogP contribution in [0.5, 0.6) is 0 Å². The van der Waals surface area contributed by atoms with Gasteiger partial charge in [0, 0.05) is 59.1 Å². The molecule has 33 heavy (non-hydrogen) atoms. The minimum atomic E-state index is 0.137. The second-order valence-electron chi connectivity index (χ2n) is 8.69. The Morgan fingerprint density at radius 1 is 0.970 bits per heavy atom. The van der Waals surface area contributed by atoms with E-state index in [1.54, 1.807) is 0 Å². The van der Waals surface area contributed by atoms with E-state index < -0.39 is 0 Å². The highest BCUT2D eigenvalue weighted by Crippen LogP contribution is 2.24. The first-order valence-electron chi connectivity index (χ1n) is 11.4. The van der Waals surface area contributed by atoms with Gasteiger partial charge < -0.3 is 15.1 Å². The molecule has 2 heterocycles. The Bertz CT molecular complexity index is 1310. The van der Waals surface area contributed by atoms with Crippen LogP contribution in [0.3, 0.4) is 0 Å². The molecule has 1 aliphatic heterocycles. The van der Waals surface area contributed by atoms with E-state index in [1.807, 2.05) is 29.3 Å². The number of nitrogens with one attached hydrogen (secondary N) is 1. The van der Waals surface area contributed by atoms with Crippen molar-refractivity contribution in [1.82, 2.24) is 14.8 Å². The van der Waals surface area contributed by atoms with Crippen molar-refractivity contribution in [3.05, 3.63) is 81.6 Å². The number of anilines is 1. The normalized spacial score (nSPS) is 14.7. The summed E-state index contributed by atoms with van der Waals surface area (Å²) in [6, 6.07) is 21.0. The Morgan fingerprint density at radius 3 is 2.61 bits per heavy atom. The molecule has 0 bridgehead atoms. The van der Waals surface area contributed by atoms with Gasteiger partial charge in [-0.25, -0.2) is 0 Å². The maximum atomic E-state index is 12.9. The van der Waals surface area contributed by atoms with Crippen molar-refractivity contribution >= 4 is 55.9 Å². The van der Waals surface area contributed by atoms with Crippen LogP contribution in [0.15, 0.2) is 66.9 Å². The lowest BCUT2D eigenvalue weighted by molar-refractivity contribution is 0.0664. The van der Waals surface area contributed by atoms with Crippen LogP contribution in [-0.4, -0.2) is 60.5 Å². The number of likely N-dealkylation sites (N-methyl/N-ethyl adjacent to an activating group) is 1. The molecule has 3 aromatic carbocycles. The van der Waals surface area contributed by atoms with Crippen molar-refractivity contribution in [1.29, 1.82) is 0 Å². The van der Waals surface area contributed by atoms with Gasteiger partial charge in [0.2, 0.25) is 0 Å². The minimum absolute atomic E-state index is 0.137. The van der Waals surface area contributed by atoms with Crippen molar-refractivity contribution in [3.8, 4) is 0 Å². The molecule has 1 amide bonds. The third kappa shape index (κ3) is 4.96. The number of amides is 1. The summed E-state index contributed by atoms with van der Waals surface area (Å²) in [6.45, 7) is 4.31. The molecule has 1 N–H and O–H groups in total. The Labute approximate surface area is 207 Å². The summed E-state index contributed by atoms with van der Waals surface area (Å²) in [7, 11) is 2.10. The van der Waals surface area contributed by atoms with Gasteiger partial charge in [0.05, 0.1) is 5.52 Å². The SMILES string of the molecule is CN1CCN(C(=O)c2ccc3cc(CCNc4ccnc5ccc(I)cc45)ccc3c2)CC1. The van der Waals surface area contributed by atoms with E-state index in [9.17, 15) is 4.79 Å². The van der Waals surface area contributed by atoms with Crippen LogP contribution in [0, 0.1) is 3.57 Å². The smallest absolute Gasteiger partial charge is 0.253 e. The van der Waals surface area contributed by atoms with E-state index in [-0.39, 0.29) is 5.91 Å². The summed E-state index contributed by atoms with van der Waals surface area (Å²) in [4.78, 5) is 21.6. The number of hydrogen-bond donors (Lipinski definition) is 1. The molecule has 0 radical (unpaired) electrons. The summed E-state index contributed by atoms with van der Waals surface area (Å²) in [5, 5.41) is 7.02. The van der Waals surface area contributed by atoms with Crippen molar-refractivity contribution in [3.63, 3.8) is 0 Å². The number of pyridine rings is 1. The molecule has 4 aromatic rings. The van der Waals surface area contributed by atoms with E-state index in [1.165, 1.54) is 14.5 Å². The van der Waals surface area contributed by atoms with E-state index >= 15 is 0 Å². The molecule has 6 heteroatoms. The highest BCUT2D eigenvalue weighted by molar-refractivity contribution is 14.1. The molecular formula is C27H27IN4O. The summed E-state index contributed by atoms with van der Waals surface area (Å²) < 4.78 is 1.20. The predicted molar refractivity (Wildman–Crippen MR) is 144 cm³/mol. The third-order valence-corrected chi connectivity index (χ3v) is 7.05. The lowest BCUT2D eigenvalue weighted by Gasteiger charge is -2.32. The average Bonchev–Trinajstić information content (AvgIpc) is 2.84. The van der Waals surface area contributed by atoms with Crippen molar-refractivity contribution in [2.75, 3.05) is 45.1 Å². The Kier molecular flexibility index (Phi) is 6.46. The monoisotopic (exact) mass is 550 g/mol. The van der Waals surface area contributed by atoms with E-state index in [0.29, 0.717) is 0 Å². The second kappa shape index (κ2) is 9.65. The van der Waals surface area contributed by atoms with Gasteiger partial charge >= 0.3 is 0 Å². The van der Waals surface area contributed by atoms with Crippen LogP contribution in [0.1, 0.15) is 15.9 Å². The Hall–Kier alpha value is -2.71. The fraction of sp³-hybridized carbons (Fsp3) is 0.259. The van der Waals surface area contributed by atoms with Crippen LogP contribution in [0.4, 0.5) is 5.69 Å². The number of carbonyl (C=O) groups excluding carboxylic acids is 1. The lowest BCUT2D eigenvalue weighted by atomic mass is 10.0. The van der Waals surface area contributed by atoms with Crippen LogP contribution < -0.4 is 5.32 Å². The molecule has 0 atom stereocenters.